The molecule has 0 atom stereocenters. The molecule has 0 fully saturated rings. The van der Waals surface area contributed by atoms with E-state index in [1.807, 2.05) is 38.1 Å². The van der Waals surface area contributed by atoms with Crippen molar-refractivity contribution in [2.75, 3.05) is 13.4 Å². The fourth-order valence-corrected chi connectivity index (χ4v) is 2.66. The van der Waals surface area contributed by atoms with Crippen molar-refractivity contribution in [3.05, 3.63) is 41.2 Å². The van der Waals surface area contributed by atoms with Crippen molar-refractivity contribution >= 4 is 12.3 Å². The van der Waals surface area contributed by atoms with Crippen LogP contribution in [0, 0.1) is 13.8 Å². The number of ether oxygens (including phenoxy) is 3. The van der Waals surface area contributed by atoms with Crippen LogP contribution in [0.4, 0.5) is 4.79 Å². The van der Waals surface area contributed by atoms with E-state index in [-0.39, 0.29) is 6.79 Å². The molecule has 0 spiro atoms. The minimum Gasteiger partial charge on any atom is -0.454 e. The Balaban J connectivity index is 1.84. The summed E-state index contributed by atoms with van der Waals surface area (Å²) in [6.45, 7) is 6.29. The number of benzene rings is 1. The second-order valence-corrected chi connectivity index (χ2v) is 5.29. The zero-order valence-electron chi connectivity index (χ0n) is 13.8. The third-order valence-electron chi connectivity index (χ3n) is 3.72. The lowest BCUT2D eigenvalue weighted by molar-refractivity contribution is 0.152. The van der Waals surface area contributed by atoms with E-state index in [0.717, 1.165) is 34.1 Å². The van der Waals surface area contributed by atoms with E-state index in [1.165, 1.54) is 0 Å². The molecule has 0 aliphatic carbocycles. The molecule has 0 saturated carbocycles. The van der Waals surface area contributed by atoms with Gasteiger partial charge in [0.1, 0.15) is 0 Å². The van der Waals surface area contributed by atoms with Crippen molar-refractivity contribution in [1.82, 2.24) is 9.99 Å². The molecular formula is C17H19N3O4. The highest BCUT2D eigenvalue weighted by atomic mass is 16.7. The summed E-state index contributed by atoms with van der Waals surface area (Å²) in [5, 5.41) is 3.92. The lowest BCUT2D eigenvalue weighted by Crippen LogP contribution is -2.18. The van der Waals surface area contributed by atoms with Gasteiger partial charge in [0.05, 0.1) is 12.8 Å². The molecule has 1 N–H and O–H groups in total. The molecule has 0 saturated heterocycles. The lowest BCUT2D eigenvalue weighted by Gasteiger charge is -2.10. The molecule has 1 amide bonds. The van der Waals surface area contributed by atoms with Gasteiger partial charge in [0, 0.05) is 28.7 Å². The Kier molecular flexibility index (Phi) is 4.41. The van der Waals surface area contributed by atoms with E-state index in [1.54, 1.807) is 13.1 Å². The smallest absolute Gasteiger partial charge is 0.427 e. The topological polar surface area (TPSA) is 74.1 Å². The summed E-state index contributed by atoms with van der Waals surface area (Å²) in [6.07, 6.45) is 1.03. The van der Waals surface area contributed by atoms with Gasteiger partial charge in [0.25, 0.3) is 0 Å². The standard InChI is InChI=1S/C17H19N3O4/c1-4-22-17(21)19-18-9-13-7-11(2)20(12(13)3)14-5-6-15-16(8-14)24-10-23-15/h5-9H,4,10H2,1-3H3,(H,19,21)/b18-9-. The largest absolute Gasteiger partial charge is 0.454 e. The molecule has 1 aromatic heterocycles. The number of hydrogen-bond acceptors (Lipinski definition) is 5. The minimum absolute atomic E-state index is 0.250. The maximum absolute atomic E-state index is 11.2. The second-order valence-electron chi connectivity index (χ2n) is 5.29. The number of amides is 1. The average molecular weight is 329 g/mol. The van der Waals surface area contributed by atoms with E-state index >= 15 is 0 Å². The molecule has 1 aliphatic heterocycles. The number of nitrogens with one attached hydrogen (secondary N) is 1. The predicted molar refractivity (Wildman–Crippen MR) is 89.1 cm³/mol. The van der Waals surface area contributed by atoms with Gasteiger partial charge < -0.3 is 18.8 Å². The number of hydrazone groups is 1. The molecule has 0 bridgehead atoms. The van der Waals surface area contributed by atoms with Gasteiger partial charge in [-0.3, -0.25) is 0 Å². The Bertz CT molecular complexity index is 795. The molecule has 0 unspecified atom stereocenters. The Morgan fingerprint density at radius 2 is 2.12 bits per heavy atom. The molecule has 126 valence electrons. The van der Waals surface area contributed by atoms with Crippen molar-refractivity contribution in [3.8, 4) is 17.2 Å². The van der Waals surface area contributed by atoms with Gasteiger partial charge in [0.2, 0.25) is 6.79 Å². The van der Waals surface area contributed by atoms with Crippen molar-refractivity contribution in [2.24, 2.45) is 5.10 Å². The predicted octanol–water partition coefficient (Wildman–Crippen LogP) is 2.90. The van der Waals surface area contributed by atoms with Crippen LogP contribution in [0.3, 0.4) is 0 Å². The number of aromatic nitrogens is 1. The maximum atomic E-state index is 11.2. The van der Waals surface area contributed by atoms with Crippen LogP contribution in [0.1, 0.15) is 23.9 Å². The zero-order chi connectivity index (χ0) is 17.1. The third kappa shape index (κ3) is 3.05. The van der Waals surface area contributed by atoms with Crippen molar-refractivity contribution < 1.29 is 19.0 Å². The molecule has 1 aromatic carbocycles. The number of rotatable bonds is 4. The van der Waals surface area contributed by atoms with Crippen LogP contribution in [-0.4, -0.2) is 30.3 Å². The van der Waals surface area contributed by atoms with Crippen LogP contribution in [-0.2, 0) is 4.74 Å². The lowest BCUT2D eigenvalue weighted by atomic mass is 10.2. The normalized spacial score (nSPS) is 12.6. The van der Waals surface area contributed by atoms with Crippen LogP contribution in [0.2, 0.25) is 0 Å². The fraction of sp³-hybridized carbons (Fsp3) is 0.294. The first-order chi connectivity index (χ1) is 11.6. The van der Waals surface area contributed by atoms with Gasteiger partial charge in [-0.2, -0.15) is 5.10 Å². The first kappa shape index (κ1) is 15.9. The van der Waals surface area contributed by atoms with Gasteiger partial charge in [-0.1, -0.05) is 0 Å². The van der Waals surface area contributed by atoms with E-state index in [4.69, 9.17) is 14.2 Å². The SMILES string of the molecule is CCOC(=O)N/N=C\c1cc(C)n(-c2ccc3c(c2)OCO3)c1C. The van der Waals surface area contributed by atoms with E-state index < -0.39 is 6.09 Å². The number of carbonyl (C=O) groups is 1. The molecule has 7 nitrogen and oxygen atoms in total. The van der Waals surface area contributed by atoms with Gasteiger partial charge in [-0.05, 0) is 39.0 Å². The third-order valence-corrected chi connectivity index (χ3v) is 3.72. The van der Waals surface area contributed by atoms with Gasteiger partial charge in [-0.15, -0.1) is 0 Å². The van der Waals surface area contributed by atoms with E-state index in [0.29, 0.717) is 6.61 Å². The summed E-state index contributed by atoms with van der Waals surface area (Å²) in [5.41, 5.74) is 6.25. The molecular weight excluding hydrogens is 310 g/mol. The Morgan fingerprint density at radius 3 is 2.92 bits per heavy atom. The highest BCUT2D eigenvalue weighted by molar-refractivity contribution is 5.83. The summed E-state index contributed by atoms with van der Waals surface area (Å²) < 4.78 is 17.6. The fourth-order valence-electron chi connectivity index (χ4n) is 2.66. The van der Waals surface area contributed by atoms with Crippen molar-refractivity contribution in [3.63, 3.8) is 0 Å². The summed E-state index contributed by atoms with van der Waals surface area (Å²) in [7, 11) is 0. The van der Waals surface area contributed by atoms with Crippen LogP contribution in [0.25, 0.3) is 5.69 Å². The molecule has 0 radical (unpaired) electrons. The van der Waals surface area contributed by atoms with Crippen molar-refractivity contribution in [1.29, 1.82) is 0 Å². The molecule has 1 aliphatic rings. The number of carbonyl (C=O) groups excluding carboxylic acids is 1. The monoisotopic (exact) mass is 329 g/mol. The first-order valence-electron chi connectivity index (χ1n) is 7.65. The van der Waals surface area contributed by atoms with Crippen LogP contribution >= 0.6 is 0 Å². The zero-order valence-corrected chi connectivity index (χ0v) is 13.8. The summed E-state index contributed by atoms with van der Waals surface area (Å²) in [5.74, 6) is 1.49. The van der Waals surface area contributed by atoms with Crippen LogP contribution in [0.15, 0.2) is 29.4 Å². The minimum atomic E-state index is -0.571. The van der Waals surface area contributed by atoms with Crippen LogP contribution in [0.5, 0.6) is 11.5 Å². The Morgan fingerprint density at radius 1 is 1.33 bits per heavy atom. The number of aryl methyl sites for hydroxylation is 1. The summed E-state index contributed by atoms with van der Waals surface area (Å²) in [4.78, 5) is 11.2. The Labute approximate surface area is 139 Å². The number of nitrogens with zero attached hydrogens (tertiary/aromatic N) is 2. The second kappa shape index (κ2) is 6.66. The number of fused-ring (bicyclic) bond motifs is 1. The molecule has 2 heterocycles. The maximum Gasteiger partial charge on any atom is 0.427 e. The Hall–Kier alpha value is -2.96. The van der Waals surface area contributed by atoms with Crippen LogP contribution < -0.4 is 14.9 Å². The van der Waals surface area contributed by atoms with Gasteiger partial charge in [-0.25, -0.2) is 10.2 Å². The quantitative estimate of drug-likeness (QED) is 0.691. The molecule has 3 rings (SSSR count). The van der Waals surface area contributed by atoms with E-state index in [2.05, 4.69) is 15.1 Å². The summed E-state index contributed by atoms with van der Waals surface area (Å²) >= 11 is 0. The molecule has 2 aromatic rings. The highest BCUT2D eigenvalue weighted by Gasteiger charge is 2.16. The molecule has 24 heavy (non-hydrogen) atoms. The van der Waals surface area contributed by atoms with E-state index in [9.17, 15) is 4.79 Å². The van der Waals surface area contributed by atoms with Crippen molar-refractivity contribution in [2.45, 2.75) is 20.8 Å². The average Bonchev–Trinajstić information content (AvgIpc) is 3.12. The summed E-state index contributed by atoms with van der Waals surface area (Å²) in [6, 6.07) is 7.81. The van der Waals surface area contributed by atoms with Gasteiger partial charge >= 0.3 is 6.09 Å². The first-order valence-corrected chi connectivity index (χ1v) is 7.65. The van der Waals surface area contributed by atoms with Gasteiger partial charge in [0.15, 0.2) is 11.5 Å². The highest BCUT2D eigenvalue weighted by Crippen LogP contribution is 2.34. The number of hydrogen-bond donors (Lipinski definition) is 1. The molecule has 7 heteroatoms.